The number of hydrogen-bond acceptors (Lipinski definition) is 7. The third-order valence-electron chi connectivity index (χ3n) is 3.76. The van der Waals surface area contributed by atoms with E-state index in [1.807, 2.05) is 37.3 Å². The molecule has 0 spiro atoms. The van der Waals surface area contributed by atoms with Crippen LogP contribution >= 0.6 is 11.8 Å². The third kappa shape index (κ3) is 3.70. The summed E-state index contributed by atoms with van der Waals surface area (Å²) in [7, 11) is 3.10. The Labute approximate surface area is 155 Å². The first-order valence-corrected chi connectivity index (χ1v) is 8.78. The number of benzene rings is 2. The number of thioether (sulfide) groups is 1. The van der Waals surface area contributed by atoms with E-state index in [0.29, 0.717) is 22.2 Å². The number of rotatable bonds is 7. The van der Waals surface area contributed by atoms with Gasteiger partial charge in [-0.2, -0.15) is 4.68 Å². The van der Waals surface area contributed by atoms with Crippen molar-refractivity contribution in [2.24, 2.45) is 0 Å². The van der Waals surface area contributed by atoms with Crippen LogP contribution < -0.4 is 9.47 Å². The molecule has 3 rings (SSSR count). The molecule has 0 amide bonds. The summed E-state index contributed by atoms with van der Waals surface area (Å²) in [4.78, 5) is 12.8. The molecule has 0 aliphatic carbocycles. The van der Waals surface area contributed by atoms with Crippen LogP contribution in [-0.2, 0) is 0 Å². The van der Waals surface area contributed by atoms with Crippen LogP contribution in [0.2, 0.25) is 0 Å². The fourth-order valence-electron chi connectivity index (χ4n) is 2.42. The van der Waals surface area contributed by atoms with Crippen LogP contribution in [0.15, 0.2) is 53.7 Å². The molecule has 0 radical (unpaired) electrons. The summed E-state index contributed by atoms with van der Waals surface area (Å²) in [6.07, 6.45) is 0. The van der Waals surface area contributed by atoms with Crippen molar-refractivity contribution in [2.75, 3.05) is 14.2 Å². The van der Waals surface area contributed by atoms with Crippen molar-refractivity contribution in [3.63, 3.8) is 0 Å². The highest BCUT2D eigenvalue weighted by Crippen LogP contribution is 2.30. The lowest BCUT2D eigenvalue weighted by Crippen LogP contribution is -2.15. The maximum Gasteiger partial charge on any atom is 0.214 e. The molecule has 1 unspecified atom stereocenters. The molecule has 0 bridgehead atoms. The molecule has 26 heavy (non-hydrogen) atoms. The average molecular weight is 370 g/mol. The van der Waals surface area contributed by atoms with E-state index < -0.39 is 0 Å². The highest BCUT2D eigenvalue weighted by atomic mass is 32.2. The maximum atomic E-state index is 12.8. The highest BCUT2D eigenvalue weighted by molar-refractivity contribution is 8.00. The number of carbonyl (C=O) groups excluding carboxylic acids is 1. The molecule has 8 heteroatoms. The lowest BCUT2D eigenvalue weighted by molar-refractivity contribution is 0.0993. The number of ketones is 1. The molecule has 1 atom stereocenters. The SMILES string of the molecule is COc1ccc(C(=O)C(C)Sc2nnnn2-c2ccccc2)cc1OC. The van der Waals surface area contributed by atoms with E-state index in [4.69, 9.17) is 9.47 Å². The number of carbonyl (C=O) groups is 1. The van der Waals surface area contributed by atoms with Crippen LogP contribution in [0, 0.1) is 0 Å². The summed E-state index contributed by atoms with van der Waals surface area (Å²) in [5.41, 5.74) is 1.38. The van der Waals surface area contributed by atoms with Gasteiger partial charge in [-0.05, 0) is 47.7 Å². The van der Waals surface area contributed by atoms with E-state index in [1.165, 1.54) is 18.9 Å². The first-order valence-electron chi connectivity index (χ1n) is 7.90. The van der Waals surface area contributed by atoms with Gasteiger partial charge in [-0.25, -0.2) is 0 Å². The Morgan fingerprint density at radius 3 is 2.50 bits per heavy atom. The van der Waals surface area contributed by atoms with E-state index in [0.717, 1.165) is 5.69 Å². The van der Waals surface area contributed by atoms with Gasteiger partial charge < -0.3 is 9.47 Å². The van der Waals surface area contributed by atoms with Crippen LogP contribution in [0.5, 0.6) is 11.5 Å². The number of para-hydroxylation sites is 1. The minimum Gasteiger partial charge on any atom is -0.493 e. The zero-order chi connectivity index (χ0) is 18.5. The van der Waals surface area contributed by atoms with E-state index >= 15 is 0 Å². The van der Waals surface area contributed by atoms with Gasteiger partial charge in [0, 0.05) is 5.56 Å². The lowest BCUT2D eigenvalue weighted by atomic mass is 10.1. The van der Waals surface area contributed by atoms with Crippen molar-refractivity contribution in [3.8, 4) is 17.2 Å². The number of tetrazole rings is 1. The Balaban J connectivity index is 1.80. The highest BCUT2D eigenvalue weighted by Gasteiger charge is 2.21. The second kappa shape index (κ2) is 8.01. The molecule has 3 aromatic rings. The first-order chi connectivity index (χ1) is 12.6. The lowest BCUT2D eigenvalue weighted by Gasteiger charge is -2.12. The monoisotopic (exact) mass is 370 g/mol. The van der Waals surface area contributed by atoms with Gasteiger partial charge in [0.15, 0.2) is 17.3 Å². The Morgan fingerprint density at radius 2 is 1.81 bits per heavy atom. The summed E-state index contributed by atoms with van der Waals surface area (Å²) in [6.45, 7) is 1.83. The number of nitrogens with zero attached hydrogens (tertiary/aromatic N) is 4. The van der Waals surface area contributed by atoms with Crippen molar-refractivity contribution in [1.82, 2.24) is 20.2 Å². The minimum atomic E-state index is -0.374. The van der Waals surface area contributed by atoms with Crippen molar-refractivity contribution in [3.05, 3.63) is 54.1 Å². The van der Waals surface area contributed by atoms with Gasteiger partial charge in [0.05, 0.1) is 25.2 Å². The molecule has 0 saturated heterocycles. The summed E-state index contributed by atoms with van der Waals surface area (Å²) < 4.78 is 12.1. The normalized spacial score (nSPS) is 11.8. The Morgan fingerprint density at radius 1 is 1.08 bits per heavy atom. The number of methoxy groups -OCH3 is 2. The quantitative estimate of drug-likeness (QED) is 0.467. The smallest absolute Gasteiger partial charge is 0.214 e. The summed E-state index contributed by atoms with van der Waals surface area (Å²) in [5.74, 6) is 1.06. The molecule has 7 nitrogen and oxygen atoms in total. The molecule has 1 aromatic heterocycles. The van der Waals surface area contributed by atoms with E-state index in [9.17, 15) is 4.79 Å². The van der Waals surface area contributed by atoms with Gasteiger partial charge in [-0.3, -0.25) is 4.79 Å². The van der Waals surface area contributed by atoms with Crippen LogP contribution in [0.25, 0.3) is 5.69 Å². The molecule has 134 valence electrons. The van der Waals surface area contributed by atoms with Crippen LogP contribution in [0.1, 0.15) is 17.3 Å². The van der Waals surface area contributed by atoms with Crippen molar-refractivity contribution in [2.45, 2.75) is 17.3 Å². The average Bonchev–Trinajstić information content (AvgIpc) is 3.15. The van der Waals surface area contributed by atoms with Gasteiger partial charge in [-0.1, -0.05) is 30.0 Å². The Bertz CT molecular complexity index is 898. The van der Waals surface area contributed by atoms with E-state index in [1.54, 1.807) is 30.0 Å². The fourth-order valence-corrected chi connectivity index (χ4v) is 3.30. The van der Waals surface area contributed by atoms with Crippen LogP contribution in [0.3, 0.4) is 0 Å². The van der Waals surface area contributed by atoms with Gasteiger partial charge >= 0.3 is 0 Å². The number of ether oxygens (including phenoxy) is 2. The zero-order valence-electron chi connectivity index (χ0n) is 14.6. The number of aromatic nitrogens is 4. The number of hydrogen-bond donors (Lipinski definition) is 0. The summed E-state index contributed by atoms with van der Waals surface area (Å²) in [5, 5.41) is 12.0. The third-order valence-corrected chi connectivity index (χ3v) is 4.79. The predicted molar refractivity (Wildman–Crippen MR) is 98.3 cm³/mol. The van der Waals surface area contributed by atoms with E-state index in [-0.39, 0.29) is 11.0 Å². The van der Waals surface area contributed by atoms with Gasteiger partial charge in [0.1, 0.15) is 0 Å². The molecule has 0 aliphatic rings. The van der Waals surface area contributed by atoms with Gasteiger partial charge in [0.2, 0.25) is 5.16 Å². The van der Waals surface area contributed by atoms with Gasteiger partial charge in [-0.15, -0.1) is 5.10 Å². The summed E-state index contributed by atoms with van der Waals surface area (Å²) in [6, 6.07) is 14.7. The maximum absolute atomic E-state index is 12.8. The van der Waals surface area contributed by atoms with Crippen LogP contribution in [0.4, 0.5) is 0 Å². The predicted octanol–water partition coefficient (Wildman–Crippen LogP) is 3.04. The molecular weight excluding hydrogens is 352 g/mol. The molecule has 0 N–H and O–H groups in total. The molecule has 2 aromatic carbocycles. The van der Waals surface area contributed by atoms with Gasteiger partial charge in [0.25, 0.3) is 0 Å². The second-order valence-corrected chi connectivity index (χ2v) is 6.71. The minimum absolute atomic E-state index is 0.0430. The first kappa shape index (κ1) is 17.9. The largest absolute Gasteiger partial charge is 0.493 e. The van der Waals surface area contributed by atoms with Crippen LogP contribution in [-0.4, -0.2) is 45.5 Å². The molecule has 1 heterocycles. The molecular formula is C18H18N4O3S. The summed E-state index contributed by atoms with van der Waals surface area (Å²) >= 11 is 1.30. The van der Waals surface area contributed by atoms with Crippen molar-refractivity contribution < 1.29 is 14.3 Å². The second-order valence-electron chi connectivity index (χ2n) is 5.40. The van der Waals surface area contributed by atoms with E-state index in [2.05, 4.69) is 15.5 Å². The Hall–Kier alpha value is -2.87. The molecule has 0 aliphatic heterocycles. The van der Waals surface area contributed by atoms with Crippen molar-refractivity contribution in [1.29, 1.82) is 0 Å². The fraction of sp³-hybridized carbons (Fsp3) is 0.222. The van der Waals surface area contributed by atoms with Crippen molar-refractivity contribution >= 4 is 17.5 Å². The Kier molecular flexibility index (Phi) is 5.52. The number of Topliss-reactive ketones (excluding diaryl/α,β-unsaturated/α-hetero) is 1. The molecule has 0 saturated carbocycles. The topological polar surface area (TPSA) is 79.1 Å². The standard InChI is InChI=1S/C18H18N4O3S/c1-12(17(23)13-9-10-15(24-2)16(11-13)25-3)26-18-19-20-21-22(18)14-7-5-4-6-8-14/h4-12H,1-3H3. The zero-order valence-corrected chi connectivity index (χ0v) is 15.4. The molecule has 0 fully saturated rings.